The summed E-state index contributed by atoms with van der Waals surface area (Å²) in [5.41, 5.74) is 1.09. The molecule has 5 heteroatoms. The molecular weight excluding hydrogens is 274 g/mol. The Morgan fingerprint density at radius 3 is 2.50 bits per heavy atom. The van der Waals surface area contributed by atoms with Gasteiger partial charge in [-0.15, -0.1) is 0 Å². The fraction of sp³-hybridized carbons (Fsp3) is 0.533. The monoisotopic (exact) mass is 297 g/mol. The maximum Gasteiger partial charge on any atom is 0.191 e. The van der Waals surface area contributed by atoms with Gasteiger partial charge < -0.3 is 15.4 Å². The van der Waals surface area contributed by atoms with Gasteiger partial charge in [0, 0.05) is 24.7 Å². The molecule has 0 fully saturated rings. The van der Waals surface area contributed by atoms with Gasteiger partial charge >= 0.3 is 0 Å². The fourth-order valence-electron chi connectivity index (χ4n) is 1.84. The molecule has 0 spiro atoms. The van der Waals surface area contributed by atoms with Gasteiger partial charge in [0.05, 0.1) is 6.61 Å². The Balaban J connectivity index is 2.67. The molecule has 1 aromatic carbocycles. The molecule has 0 aliphatic carbocycles. The van der Waals surface area contributed by atoms with Crippen LogP contribution in [0, 0.1) is 0 Å². The van der Waals surface area contributed by atoms with Gasteiger partial charge in [0.15, 0.2) is 5.96 Å². The highest BCUT2D eigenvalue weighted by Crippen LogP contribution is 2.23. The van der Waals surface area contributed by atoms with Crippen LogP contribution in [-0.4, -0.2) is 32.2 Å². The smallest absolute Gasteiger partial charge is 0.191 e. The standard InChI is InChI=1S/C15H24ClN3O/c1-4-17-15(18-5-2)19-10-9-12-11-13(16)7-8-14(12)20-6-3/h7-8,11H,4-6,9-10H2,1-3H3,(H2,17,18,19). The SMILES string of the molecule is CCNC(=NCCc1cc(Cl)ccc1OCC)NCC. The molecule has 1 rings (SSSR count). The molecule has 0 unspecified atom stereocenters. The van der Waals surface area contributed by atoms with Crippen molar-refractivity contribution >= 4 is 17.6 Å². The second-order valence-corrected chi connectivity index (χ2v) is 4.66. The molecule has 2 N–H and O–H groups in total. The number of hydrogen-bond donors (Lipinski definition) is 2. The molecule has 0 radical (unpaired) electrons. The van der Waals surface area contributed by atoms with Crippen molar-refractivity contribution in [2.24, 2.45) is 4.99 Å². The summed E-state index contributed by atoms with van der Waals surface area (Å²) < 4.78 is 5.61. The molecule has 4 nitrogen and oxygen atoms in total. The quantitative estimate of drug-likeness (QED) is 0.601. The van der Waals surface area contributed by atoms with E-state index in [1.807, 2.05) is 25.1 Å². The van der Waals surface area contributed by atoms with Gasteiger partial charge in [-0.05, 0) is 51.0 Å². The van der Waals surface area contributed by atoms with Crippen LogP contribution in [0.5, 0.6) is 5.75 Å². The minimum Gasteiger partial charge on any atom is -0.494 e. The number of guanidine groups is 1. The first-order valence-electron chi connectivity index (χ1n) is 7.14. The highest BCUT2D eigenvalue weighted by Gasteiger charge is 2.04. The maximum atomic E-state index is 6.04. The molecule has 0 saturated carbocycles. The molecule has 1 aromatic rings. The van der Waals surface area contributed by atoms with Gasteiger partial charge in [-0.1, -0.05) is 11.6 Å². The molecular formula is C15H24ClN3O. The lowest BCUT2D eigenvalue weighted by Crippen LogP contribution is -2.37. The lowest BCUT2D eigenvalue weighted by atomic mass is 10.1. The lowest BCUT2D eigenvalue weighted by Gasteiger charge is -2.11. The number of hydrogen-bond acceptors (Lipinski definition) is 2. The van der Waals surface area contributed by atoms with E-state index >= 15 is 0 Å². The molecule has 0 atom stereocenters. The summed E-state index contributed by atoms with van der Waals surface area (Å²) in [6.07, 6.45) is 0.802. The minimum atomic E-state index is 0.651. The molecule has 20 heavy (non-hydrogen) atoms. The summed E-state index contributed by atoms with van der Waals surface area (Å²) in [6.45, 7) is 9.13. The van der Waals surface area contributed by atoms with Crippen LogP contribution in [0.1, 0.15) is 26.3 Å². The average molecular weight is 298 g/mol. The van der Waals surface area contributed by atoms with Crippen LogP contribution < -0.4 is 15.4 Å². The molecule has 0 aliphatic rings. The van der Waals surface area contributed by atoms with Crippen molar-refractivity contribution in [2.75, 3.05) is 26.2 Å². The third-order valence-corrected chi connectivity index (χ3v) is 2.90. The number of rotatable bonds is 7. The van der Waals surface area contributed by atoms with E-state index in [0.29, 0.717) is 13.2 Å². The average Bonchev–Trinajstić information content (AvgIpc) is 2.42. The molecule has 0 saturated heterocycles. The predicted octanol–water partition coefficient (Wildman–Crippen LogP) is 2.86. The topological polar surface area (TPSA) is 45.7 Å². The Labute approximate surface area is 126 Å². The molecule has 0 amide bonds. The first kappa shape index (κ1) is 16.6. The Hall–Kier alpha value is -1.42. The van der Waals surface area contributed by atoms with Crippen LogP contribution in [0.15, 0.2) is 23.2 Å². The van der Waals surface area contributed by atoms with E-state index in [4.69, 9.17) is 16.3 Å². The highest BCUT2D eigenvalue weighted by atomic mass is 35.5. The zero-order chi connectivity index (χ0) is 14.8. The van der Waals surface area contributed by atoms with Crippen molar-refractivity contribution in [1.82, 2.24) is 10.6 Å². The van der Waals surface area contributed by atoms with Crippen molar-refractivity contribution in [3.63, 3.8) is 0 Å². The van der Waals surface area contributed by atoms with Crippen molar-refractivity contribution < 1.29 is 4.74 Å². The first-order valence-corrected chi connectivity index (χ1v) is 7.52. The Morgan fingerprint density at radius 2 is 1.90 bits per heavy atom. The lowest BCUT2D eigenvalue weighted by molar-refractivity contribution is 0.336. The van der Waals surface area contributed by atoms with E-state index < -0.39 is 0 Å². The van der Waals surface area contributed by atoms with Crippen LogP contribution in [0.3, 0.4) is 0 Å². The van der Waals surface area contributed by atoms with Gasteiger partial charge in [0.2, 0.25) is 0 Å². The summed E-state index contributed by atoms with van der Waals surface area (Å²) >= 11 is 6.04. The zero-order valence-electron chi connectivity index (χ0n) is 12.5. The van der Waals surface area contributed by atoms with Crippen molar-refractivity contribution in [1.29, 1.82) is 0 Å². The third-order valence-electron chi connectivity index (χ3n) is 2.66. The predicted molar refractivity (Wildman–Crippen MR) is 86.0 cm³/mol. The number of nitrogens with one attached hydrogen (secondary N) is 2. The van der Waals surface area contributed by atoms with E-state index in [9.17, 15) is 0 Å². The van der Waals surface area contributed by atoms with Gasteiger partial charge in [-0.3, -0.25) is 4.99 Å². The Kier molecular flexibility index (Phi) is 7.88. The van der Waals surface area contributed by atoms with Crippen LogP contribution in [0.4, 0.5) is 0 Å². The van der Waals surface area contributed by atoms with Crippen molar-refractivity contribution in [3.05, 3.63) is 28.8 Å². The number of nitrogens with zero attached hydrogens (tertiary/aromatic N) is 1. The van der Waals surface area contributed by atoms with Crippen LogP contribution in [-0.2, 0) is 6.42 Å². The largest absolute Gasteiger partial charge is 0.494 e. The van der Waals surface area contributed by atoms with Crippen LogP contribution >= 0.6 is 11.6 Å². The summed E-state index contributed by atoms with van der Waals surface area (Å²) in [6, 6.07) is 5.71. The van der Waals surface area contributed by atoms with Crippen molar-refractivity contribution in [2.45, 2.75) is 27.2 Å². The normalized spacial score (nSPS) is 10.0. The van der Waals surface area contributed by atoms with Crippen LogP contribution in [0.2, 0.25) is 5.02 Å². The summed E-state index contributed by atoms with van der Waals surface area (Å²) in [5, 5.41) is 7.13. The van der Waals surface area contributed by atoms with Gasteiger partial charge in [-0.25, -0.2) is 0 Å². The highest BCUT2D eigenvalue weighted by molar-refractivity contribution is 6.30. The number of halogens is 1. The second kappa shape index (κ2) is 9.48. The van der Waals surface area contributed by atoms with E-state index in [1.54, 1.807) is 0 Å². The molecule has 0 heterocycles. The van der Waals surface area contributed by atoms with E-state index in [-0.39, 0.29) is 0 Å². The summed E-state index contributed by atoms with van der Waals surface area (Å²) in [5.74, 6) is 1.73. The van der Waals surface area contributed by atoms with Gasteiger partial charge in [0.25, 0.3) is 0 Å². The molecule has 0 aromatic heterocycles. The Morgan fingerprint density at radius 1 is 1.20 bits per heavy atom. The fourth-order valence-corrected chi connectivity index (χ4v) is 2.03. The Bertz CT molecular complexity index is 427. The second-order valence-electron chi connectivity index (χ2n) is 4.23. The third kappa shape index (κ3) is 5.70. The van der Waals surface area contributed by atoms with Gasteiger partial charge in [0.1, 0.15) is 5.75 Å². The van der Waals surface area contributed by atoms with Crippen molar-refractivity contribution in [3.8, 4) is 5.75 Å². The first-order chi connectivity index (χ1) is 9.71. The zero-order valence-corrected chi connectivity index (χ0v) is 13.3. The summed E-state index contributed by atoms with van der Waals surface area (Å²) in [4.78, 5) is 4.53. The number of benzene rings is 1. The molecule has 0 bridgehead atoms. The van der Waals surface area contributed by atoms with E-state index in [1.165, 1.54) is 0 Å². The van der Waals surface area contributed by atoms with Gasteiger partial charge in [-0.2, -0.15) is 0 Å². The summed E-state index contributed by atoms with van der Waals surface area (Å²) in [7, 11) is 0. The number of aliphatic imine (C=N–C) groups is 1. The maximum absolute atomic E-state index is 6.04. The van der Waals surface area contributed by atoms with Crippen LogP contribution in [0.25, 0.3) is 0 Å². The minimum absolute atomic E-state index is 0.651. The number of ether oxygens (including phenoxy) is 1. The van der Waals surface area contributed by atoms with E-state index in [2.05, 4.69) is 29.5 Å². The van der Waals surface area contributed by atoms with E-state index in [0.717, 1.165) is 41.8 Å². The molecule has 112 valence electrons. The molecule has 0 aliphatic heterocycles.